The minimum Gasteiger partial charge on any atom is -0.344 e. The molecule has 0 aliphatic carbocycles. The van der Waals surface area contributed by atoms with E-state index in [0.717, 1.165) is 12.5 Å². The number of likely N-dealkylation sites (tertiary alicyclic amines) is 1. The summed E-state index contributed by atoms with van der Waals surface area (Å²) in [5, 5.41) is 3.16. The molecule has 1 saturated heterocycles. The number of piperidine rings is 1. The first-order valence-corrected chi connectivity index (χ1v) is 5.98. The van der Waals surface area contributed by atoms with Gasteiger partial charge in [-0.15, -0.1) is 0 Å². The molecule has 1 heterocycles. The third-order valence-corrected chi connectivity index (χ3v) is 3.24. The fraction of sp³-hybridized carbons (Fsp3) is 0.462. The van der Waals surface area contributed by atoms with Gasteiger partial charge < -0.3 is 10.2 Å². The molecule has 1 aromatic carbocycles. The molecule has 1 amide bonds. The molecule has 0 radical (unpaired) electrons. The van der Waals surface area contributed by atoms with Crippen molar-refractivity contribution in [3.8, 4) is 0 Å². The maximum absolute atomic E-state index is 13.4. The second kappa shape index (κ2) is 5.44. The maximum Gasteiger partial charge on any atom is 0.222 e. The smallest absolute Gasteiger partial charge is 0.222 e. The molecule has 1 atom stereocenters. The van der Waals surface area contributed by atoms with Crippen molar-refractivity contribution >= 4 is 5.91 Å². The zero-order valence-electron chi connectivity index (χ0n) is 10.2. The van der Waals surface area contributed by atoms with Crippen LogP contribution < -0.4 is 5.32 Å². The van der Waals surface area contributed by atoms with Crippen LogP contribution in [0.15, 0.2) is 18.2 Å². The Hall–Kier alpha value is -1.49. The molecular weight excluding hydrogens is 238 g/mol. The van der Waals surface area contributed by atoms with Crippen molar-refractivity contribution in [1.29, 1.82) is 0 Å². The molecule has 1 unspecified atom stereocenters. The first-order valence-electron chi connectivity index (χ1n) is 5.98. The van der Waals surface area contributed by atoms with Crippen LogP contribution in [0.3, 0.4) is 0 Å². The summed E-state index contributed by atoms with van der Waals surface area (Å²) in [5.74, 6) is -1.50. The third-order valence-electron chi connectivity index (χ3n) is 3.24. The average molecular weight is 254 g/mol. The van der Waals surface area contributed by atoms with Gasteiger partial charge in [-0.05, 0) is 12.5 Å². The normalized spacial score (nSPS) is 20.3. The summed E-state index contributed by atoms with van der Waals surface area (Å²) in [6.45, 7) is 0.881. The number of hydrogen-bond acceptors (Lipinski definition) is 2. The molecule has 18 heavy (non-hydrogen) atoms. The molecule has 1 N–H and O–H groups in total. The van der Waals surface area contributed by atoms with Gasteiger partial charge in [-0.3, -0.25) is 4.79 Å². The highest BCUT2D eigenvalue weighted by atomic mass is 19.2. The molecule has 0 saturated carbocycles. The molecular formula is C13H16F2N2O. The van der Waals surface area contributed by atoms with Gasteiger partial charge >= 0.3 is 0 Å². The predicted octanol–water partition coefficient (Wildman–Crippen LogP) is 1.68. The van der Waals surface area contributed by atoms with E-state index in [1.165, 1.54) is 6.07 Å². The van der Waals surface area contributed by atoms with E-state index in [-0.39, 0.29) is 18.5 Å². The second-order valence-corrected chi connectivity index (χ2v) is 4.60. The molecule has 1 aromatic rings. The monoisotopic (exact) mass is 254 g/mol. The summed E-state index contributed by atoms with van der Waals surface area (Å²) < 4.78 is 26.4. The van der Waals surface area contributed by atoms with Crippen LogP contribution in [0.25, 0.3) is 0 Å². The van der Waals surface area contributed by atoms with Crippen LogP contribution in [0.5, 0.6) is 0 Å². The number of rotatable bonds is 3. The lowest BCUT2D eigenvalue weighted by Gasteiger charge is -2.30. The highest BCUT2D eigenvalue weighted by molar-refractivity contribution is 5.76. The Labute approximate surface area is 105 Å². The van der Waals surface area contributed by atoms with Gasteiger partial charge in [-0.25, -0.2) is 8.78 Å². The van der Waals surface area contributed by atoms with Crippen LogP contribution >= 0.6 is 0 Å². The lowest BCUT2D eigenvalue weighted by Crippen LogP contribution is -2.46. The molecule has 0 spiro atoms. The Morgan fingerprint density at radius 3 is 2.94 bits per heavy atom. The number of nitrogens with one attached hydrogen (secondary N) is 1. The minimum absolute atomic E-state index is 0.130. The van der Waals surface area contributed by atoms with Gasteiger partial charge in [-0.1, -0.05) is 12.1 Å². The fourth-order valence-electron chi connectivity index (χ4n) is 2.12. The van der Waals surface area contributed by atoms with Gasteiger partial charge in [0, 0.05) is 38.2 Å². The minimum atomic E-state index is -0.828. The summed E-state index contributed by atoms with van der Waals surface area (Å²) in [4.78, 5) is 13.0. The van der Waals surface area contributed by atoms with E-state index in [1.54, 1.807) is 18.0 Å². The van der Waals surface area contributed by atoms with Crippen molar-refractivity contribution < 1.29 is 13.6 Å². The number of halogens is 2. The highest BCUT2D eigenvalue weighted by Crippen LogP contribution is 2.13. The summed E-state index contributed by atoms with van der Waals surface area (Å²) in [5.41, 5.74) is 0.314. The van der Waals surface area contributed by atoms with Crippen molar-refractivity contribution in [2.24, 2.45) is 0 Å². The lowest BCUT2D eigenvalue weighted by atomic mass is 10.1. The van der Waals surface area contributed by atoms with E-state index in [4.69, 9.17) is 0 Å². The number of hydrogen-bond donors (Lipinski definition) is 1. The maximum atomic E-state index is 13.4. The van der Waals surface area contributed by atoms with Gasteiger partial charge in [-0.2, -0.15) is 0 Å². The molecule has 1 aliphatic heterocycles. The Balaban J connectivity index is 1.92. The number of nitrogens with zero attached hydrogens (tertiary/aromatic N) is 1. The van der Waals surface area contributed by atoms with Crippen molar-refractivity contribution in [3.05, 3.63) is 35.4 Å². The molecule has 3 nitrogen and oxygen atoms in total. The summed E-state index contributed by atoms with van der Waals surface area (Å²) in [6.07, 6.45) is 1.24. The zero-order chi connectivity index (χ0) is 13.1. The molecule has 0 aromatic heterocycles. The topological polar surface area (TPSA) is 32.3 Å². The first kappa shape index (κ1) is 13.0. The van der Waals surface area contributed by atoms with Crippen LogP contribution in [0, 0.1) is 11.6 Å². The number of likely N-dealkylation sites (N-methyl/N-ethyl adjacent to an activating group) is 1. The van der Waals surface area contributed by atoms with Crippen LogP contribution in [-0.2, 0) is 11.3 Å². The van der Waals surface area contributed by atoms with Crippen LogP contribution in [0.4, 0.5) is 8.78 Å². The SMILES string of the molecule is CN1CC(NCc2cccc(F)c2F)CCC1=O. The molecule has 1 fully saturated rings. The lowest BCUT2D eigenvalue weighted by molar-refractivity contribution is -0.132. The Bertz CT molecular complexity index is 451. The average Bonchev–Trinajstić information content (AvgIpc) is 2.35. The third kappa shape index (κ3) is 2.85. The van der Waals surface area contributed by atoms with Crippen LogP contribution in [0.2, 0.25) is 0 Å². The largest absolute Gasteiger partial charge is 0.344 e. The molecule has 98 valence electrons. The van der Waals surface area contributed by atoms with Crippen molar-refractivity contribution in [3.63, 3.8) is 0 Å². The summed E-state index contributed by atoms with van der Waals surface area (Å²) in [6, 6.07) is 4.29. The van der Waals surface area contributed by atoms with Crippen LogP contribution in [-0.4, -0.2) is 30.4 Å². The number of benzene rings is 1. The standard InChI is InChI=1S/C13H16F2N2O/c1-17-8-10(5-6-12(17)18)16-7-9-3-2-4-11(14)13(9)15/h2-4,10,16H,5-8H2,1H3. The molecule has 0 bridgehead atoms. The zero-order valence-corrected chi connectivity index (χ0v) is 10.2. The number of amides is 1. The predicted molar refractivity (Wildman–Crippen MR) is 63.9 cm³/mol. The summed E-state index contributed by atoms with van der Waals surface area (Å²) >= 11 is 0. The van der Waals surface area contributed by atoms with E-state index in [2.05, 4.69) is 5.32 Å². The van der Waals surface area contributed by atoms with Gasteiger partial charge in [0.1, 0.15) is 0 Å². The molecule has 5 heteroatoms. The van der Waals surface area contributed by atoms with Gasteiger partial charge in [0.05, 0.1) is 0 Å². The Kier molecular flexibility index (Phi) is 3.91. The van der Waals surface area contributed by atoms with Gasteiger partial charge in [0.15, 0.2) is 11.6 Å². The van der Waals surface area contributed by atoms with E-state index < -0.39 is 11.6 Å². The van der Waals surface area contributed by atoms with Crippen molar-refractivity contribution in [2.75, 3.05) is 13.6 Å². The first-order chi connectivity index (χ1) is 8.58. The fourth-order valence-corrected chi connectivity index (χ4v) is 2.12. The number of carbonyl (C=O) groups excluding carboxylic acids is 1. The summed E-state index contributed by atoms with van der Waals surface area (Å²) in [7, 11) is 1.75. The Morgan fingerprint density at radius 2 is 2.22 bits per heavy atom. The van der Waals surface area contributed by atoms with Gasteiger partial charge in [0.2, 0.25) is 5.91 Å². The van der Waals surface area contributed by atoms with E-state index >= 15 is 0 Å². The Morgan fingerprint density at radius 1 is 1.44 bits per heavy atom. The quantitative estimate of drug-likeness (QED) is 0.890. The van der Waals surface area contributed by atoms with Crippen molar-refractivity contribution in [1.82, 2.24) is 10.2 Å². The van der Waals surface area contributed by atoms with E-state index in [9.17, 15) is 13.6 Å². The molecule has 2 rings (SSSR count). The number of carbonyl (C=O) groups is 1. The second-order valence-electron chi connectivity index (χ2n) is 4.60. The van der Waals surface area contributed by atoms with Crippen molar-refractivity contribution in [2.45, 2.75) is 25.4 Å². The van der Waals surface area contributed by atoms with E-state index in [0.29, 0.717) is 18.5 Å². The highest BCUT2D eigenvalue weighted by Gasteiger charge is 2.22. The van der Waals surface area contributed by atoms with Crippen LogP contribution in [0.1, 0.15) is 18.4 Å². The molecule has 1 aliphatic rings. The van der Waals surface area contributed by atoms with Gasteiger partial charge in [0.25, 0.3) is 0 Å². The van der Waals surface area contributed by atoms with E-state index in [1.807, 2.05) is 0 Å².